The molecule has 0 spiro atoms. The number of hydrogen-bond acceptors (Lipinski definition) is 3. The van der Waals surface area contributed by atoms with Crippen molar-refractivity contribution >= 4 is 5.97 Å². The minimum Gasteiger partial charge on any atom is -0.465 e. The van der Waals surface area contributed by atoms with Gasteiger partial charge in [0.25, 0.3) is 0 Å². The lowest BCUT2D eigenvalue weighted by atomic mass is 9.86. The topological polar surface area (TPSA) is 29.5 Å². The number of carbonyl (C=O) groups is 1. The smallest absolute Gasteiger partial charge is 0.338 e. The molecule has 1 aliphatic heterocycles. The first kappa shape index (κ1) is 15.0. The van der Waals surface area contributed by atoms with Crippen LogP contribution in [0.5, 0.6) is 0 Å². The molecule has 110 valence electrons. The Bertz CT molecular complexity index is 448. The standard InChI is InChI=1S/C17H25NO2/c1-13(2)14-8-10-18(11-9-14)12-15-6-4-5-7-16(15)17(19)20-3/h4-7,13-14H,8-12H2,1-3H3. The summed E-state index contributed by atoms with van der Waals surface area (Å²) in [5.41, 5.74) is 1.77. The first-order chi connectivity index (χ1) is 9.61. The number of methoxy groups -OCH3 is 1. The van der Waals surface area contributed by atoms with Crippen LogP contribution in [0.4, 0.5) is 0 Å². The second-order valence-electron chi connectivity index (χ2n) is 6.01. The van der Waals surface area contributed by atoms with Gasteiger partial charge in [-0.1, -0.05) is 32.0 Å². The van der Waals surface area contributed by atoms with Crippen LogP contribution in [0, 0.1) is 11.8 Å². The van der Waals surface area contributed by atoms with Crippen molar-refractivity contribution in [1.29, 1.82) is 0 Å². The third-order valence-electron chi connectivity index (χ3n) is 4.39. The summed E-state index contributed by atoms with van der Waals surface area (Å²) in [5.74, 6) is 1.39. The zero-order valence-electron chi connectivity index (χ0n) is 12.8. The fourth-order valence-corrected chi connectivity index (χ4v) is 2.99. The van der Waals surface area contributed by atoms with Gasteiger partial charge in [0.05, 0.1) is 12.7 Å². The average Bonchev–Trinajstić information content (AvgIpc) is 2.47. The van der Waals surface area contributed by atoms with Gasteiger partial charge in [-0.2, -0.15) is 0 Å². The summed E-state index contributed by atoms with van der Waals surface area (Å²) in [6.45, 7) is 7.71. The molecule has 20 heavy (non-hydrogen) atoms. The van der Waals surface area contributed by atoms with E-state index < -0.39 is 0 Å². The maximum atomic E-state index is 11.8. The zero-order chi connectivity index (χ0) is 14.5. The van der Waals surface area contributed by atoms with Gasteiger partial charge in [0.15, 0.2) is 0 Å². The van der Waals surface area contributed by atoms with Gasteiger partial charge < -0.3 is 4.74 Å². The van der Waals surface area contributed by atoms with Crippen LogP contribution in [-0.4, -0.2) is 31.1 Å². The summed E-state index contributed by atoms with van der Waals surface area (Å²) >= 11 is 0. The third-order valence-corrected chi connectivity index (χ3v) is 4.39. The van der Waals surface area contributed by atoms with Crippen LogP contribution in [0.25, 0.3) is 0 Å². The Hall–Kier alpha value is -1.35. The Morgan fingerprint density at radius 1 is 1.30 bits per heavy atom. The predicted molar refractivity (Wildman–Crippen MR) is 80.6 cm³/mol. The molecule has 1 aromatic carbocycles. The summed E-state index contributed by atoms with van der Waals surface area (Å²) in [4.78, 5) is 14.2. The molecular weight excluding hydrogens is 250 g/mol. The number of benzene rings is 1. The van der Waals surface area contributed by atoms with E-state index in [0.29, 0.717) is 5.56 Å². The molecule has 0 saturated carbocycles. The van der Waals surface area contributed by atoms with Crippen molar-refractivity contribution in [3.63, 3.8) is 0 Å². The Balaban J connectivity index is 1.99. The van der Waals surface area contributed by atoms with Crippen LogP contribution in [-0.2, 0) is 11.3 Å². The van der Waals surface area contributed by atoms with Gasteiger partial charge in [-0.15, -0.1) is 0 Å². The maximum absolute atomic E-state index is 11.8. The van der Waals surface area contributed by atoms with E-state index >= 15 is 0 Å². The van der Waals surface area contributed by atoms with Crippen LogP contribution in [0.2, 0.25) is 0 Å². The minimum atomic E-state index is -0.238. The number of ether oxygens (including phenoxy) is 1. The van der Waals surface area contributed by atoms with E-state index in [2.05, 4.69) is 18.7 Å². The summed E-state index contributed by atoms with van der Waals surface area (Å²) in [7, 11) is 1.44. The second kappa shape index (κ2) is 6.89. The molecule has 0 aromatic heterocycles. The molecule has 1 saturated heterocycles. The number of rotatable bonds is 4. The van der Waals surface area contributed by atoms with Crippen molar-refractivity contribution in [3.05, 3.63) is 35.4 Å². The molecule has 1 aliphatic rings. The van der Waals surface area contributed by atoms with Crippen LogP contribution in [0.15, 0.2) is 24.3 Å². The monoisotopic (exact) mass is 275 g/mol. The predicted octanol–water partition coefficient (Wildman–Crippen LogP) is 3.34. The average molecular weight is 275 g/mol. The Kier molecular flexibility index (Phi) is 5.18. The lowest BCUT2D eigenvalue weighted by Crippen LogP contribution is -2.35. The number of carbonyl (C=O) groups excluding carboxylic acids is 1. The van der Waals surface area contributed by atoms with Crippen LogP contribution >= 0.6 is 0 Å². The Morgan fingerprint density at radius 2 is 1.95 bits per heavy atom. The first-order valence-corrected chi connectivity index (χ1v) is 7.50. The van der Waals surface area contributed by atoms with E-state index in [0.717, 1.165) is 37.0 Å². The second-order valence-corrected chi connectivity index (χ2v) is 6.01. The Morgan fingerprint density at radius 3 is 2.55 bits per heavy atom. The van der Waals surface area contributed by atoms with E-state index in [-0.39, 0.29) is 5.97 Å². The van der Waals surface area contributed by atoms with E-state index in [1.807, 2.05) is 24.3 Å². The molecule has 3 nitrogen and oxygen atoms in total. The van der Waals surface area contributed by atoms with Gasteiger partial charge in [0, 0.05) is 6.54 Å². The summed E-state index contributed by atoms with van der Waals surface area (Å²) in [6, 6.07) is 7.76. The highest BCUT2D eigenvalue weighted by Crippen LogP contribution is 2.25. The van der Waals surface area contributed by atoms with Gasteiger partial charge >= 0.3 is 5.97 Å². The molecule has 0 aliphatic carbocycles. The number of esters is 1. The molecule has 0 unspecified atom stereocenters. The molecule has 2 rings (SSSR count). The highest BCUT2D eigenvalue weighted by molar-refractivity contribution is 5.90. The fraction of sp³-hybridized carbons (Fsp3) is 0.588. The lowest BCUT2D eigenvalue weighted by molar-refractivity contribution is 0.0597. The van der Waals surface area contributed by atoms with Gasteiger partial charge in [-0.05, 0) is 49.4 Å². The van der Waals surface area contributed by atoms with Crippen molar-refractivity contribution in [3.8, 4) is 0 Å². The number of likely N-dealkylation sites (tertiary alicyclic amines) is 1. The molecule has 0 bridgehead atoms. The number of piperidine rings is 1. The third kappa shape index (κ3) is 3.60. The summed E-state index contributed by atoms with van der Waals surface area (Å²) in [6.07, 6.45) is 2.52. The van der Waals surface area contributed by atoms with Crippen molar-refractivity contribution in [2.45, 2.75) is 33.2 Å². The van der Waals surface area contributed by atoms with Crippen LogP contribution in [0.3, 0.4) is 0 Å². The van der Waals surface area contributed by atoms with Gasteiger partial charge in [0.1, 0.15) is 0 Å². The normalized spacial score (nSPS) is 17.4. The molecule has 0 N–H and O–H groups in total. The maximum Gasteiger partial charge on any atom is 0.338 e. The van der Waals surface area contributed by atoms with E-state index in [4.69, 9.17) is 4.74 Å². The van der Waals surface area contributed by atoms with Crippen molar-refractivity contribution in [1.82, 2.24) is 4.90 Å². The first-order valence-electron chi connectivity index (χ1n) is 7.50. The van der Waals surface area contributed by atoms with Crippen molar-refractivity contribution in [2.24, 2.45) is 11.8 Å². The van der Waals surface area contributed by atoms with Crippen molar-refractivity contribution in [2.75, 3.05) is 20.2 Å². The minimum absolute atomic E-state index is 0.238. The fourth-order valence-electron chi connectivity index (χ4n) is 2.99. The van der Waals surface area contributed by atoms with Crippen LogP contribution in [0.1, 0.15) is 42.6 Å². The molecular formula is C17H25NO2. The molecule has 1 aromatic rings. The summed E-state index contributed by atoms with van der Waals surface area (Å²) in [5, 5.41) is 0. The molecule has 1 fully saturated rings. The van der Waals surface area contributed by atoms with Gasteiger partial charge in [-0.3, -0.25) is 4.90 Å². The summed E-state index contributed by atoms with van der Waals surface area (Å²) < 4.78 is 4.86. The number of hydrogen-bond donors (Lipinski definition) is 0. The molecule has 0 radical (unpaired) electrons. The highest BCUT2D eigenvalue weighted by Gasteiger charge is 2.22. The largest absolute Gasteiger partial charge is 0.465 e. The SMILES string of the molecule is COC(=O)c1ccccc1CN1CCC(C(C)C)CC1. The van der Waals surface area contributed by atoms with E-state index in [1.54, 1.807) is 0 Å². The molecule has 3 heteroatoms. The van der Waals surface area contributed by atoms with Crippen molar-refractivity contribution < 1.29 is 9.53 Å². The van der Waals surface area contributed by atoms with E-state index in [9.17, 15) is 4.79 Å². The molecule has 1 heterocycles. The highest BCUT2D eigenvalue weighted by atomic mass is 16.5. The quantitative estimate of drug-likeness (QED) is 0.789. The lowest BCUT2D eigenvalue weighted by Gasteiger charge is -2.34. The molecule has 0 amide bonds. The number of nitrogens with zero attached hydrogens (tertiary/aromatic N) is 1. The van der Waals surface area contributed by atoms with E-state index in [1.165, 1.54) is 20.0 Å². The van der Waals surface area contributed by atoms with Gasteiger partial charge in [-0.25, -0.2) is 4.79 Å². The molecule has 0 atom stereocenters. The van der Waals surface area contributed by atoms with Crippen LogP contribution < -0.4 is 0 Å². The Labute approximate surface area is 121 Å². The zero-order valence-corrected chi connectivity index (χ0v) is 12.8. The van der Waals surface area contributed by atoms with Gasteiger partial charge in [0.2, 0.25) is 0 Å².